The highest BCUT2D eigenvalue weighted by molar-refractivity contribution is 7.89. The van der Waals surface area contributed by atoms with E-state index in [4.69, 9.17) is 20.8 Å². The van der Waals surface area contributed by atoms with Crippen LogP contribution in [0.1, 0.15) is 16.1 Å². The lowest BCUT2D eigenvalue weighted by Gasteiger charge is -2.09. The van der Waals surface area contributed by atoms with Gasteiger partial charge in [-0.15, -0.1) is 0 Å². The SMILES string of the molecule is O=C(COC(=O)c1ccc(S(=O)(=O)NCc2ccco2)cc1)Nc1cc(Cl)ccc1F. The normalized spacial score (nSPS) is 11.2. The molecular weight excluding hydrogens is 451 g/mol. The van der Waals surface area contributed by atoms with Gasteiger partial charge in [-0.25, -0.2) is 22.3 Å². The molecule has 0 fully saturated rings. The minimum absolute atomic E-state index is 0.0263. The maximum absolute atomic E-state index is 13.6. The fraction of sp³-hybridized carbons (Fsp3) is 0.100. The lowest BCUT2D eigenvalue weighted by Crippen LogP contribution is -2.23. The first-order valence-electron chi connectivity index (χ1n) is 8.79. The molecule has 0 saturated carbocycles. The zero-order chi connectivity index (χ0) is 22.4. The number of rotatable bonds is 8. The number of nitrogens with one attached hydrogen (secondary N) is 2. The van der Waals surface area contributed by atoms with Crippen molar-refractivity contribution < 1.29 is 31.6 Å². The average Bonchev–Trinajstić information content (AvgIpc) is 3.27. The number of furan rings is 1. The smallest absolute Gasteiger partial charge is 0.338 e. The Kier molecular flexibility index (Phi) is 7.06. The molecule has 1 amide bonds. The number of amides is 1. The Bertz CT molecular complexity index is 1180. The van der Waals surface area contributed by atoms with Gasteiger partial charge in [-0.1, -0.05) is 11.6 Å². The number of benzene rings is 2. The fourth-order valence-electron chi connectivity index (χ4n) is 2.43. The molecule has 0 saturated heterocycles. The zero-order valence-electron chi connectivity index (χ0n) is 15.8. The molecule has 3 rings (SSSR count). The van der Waals surface area contributed by atoms with Gasteiger partial charge < -0.3 is 14.5 Å². The van der Waals surface area contributed by atoms with Crippen LogP contribution in [-0.2, 0) is 26.1 Å². The second-order valence-electron chi connectivity index (χ2n) is 6.18. The molecule has 0 atom stereocenters. The highest BCUT2D eigenvalue weighted by Crippen LogP contribution is 2.19. The Balaban J connectivity index is 1.55. The van der Waals surface area contributed by atoms with Crippen LogP contribution < -0.4 is 10.0 Å². The third-order valence-electron chi connectivity index (χ3n) is 3.95. The Hall–Kier alpha value is -3.21. The molecule has 1 heterocycles. The second-order valence-corrected chi connectivity index (χ2v) is 8.38. The van der Waals surface area contributed by atoms with E-state index >= 15 is 0 Å². The third kappa shape index (κ3) is 6.14. The van der Waals surface area contributed by atoms with E-state index in [0.717, 1.165) is 6.07 Å². The molecule has 2 aromatic carbocycles. The van der Waals surface area contributed by atoms with E-state index in [-0.39, 0.29) is 27.7 Å². The zero-order valence-corrected chi connectivity index (χ0v) is 17.4. The first-order chi connectivity index (χ1) is 14.7. The molecule has 0 radical (unpaired) electrons. The van der Waals surface area contributed by atoms with Crippen molar-refractivity contribution in [2.45, 2.75) is 11.4 Å². The largest absolute Gasteiger partial charge is 0.468 e. The summed E-state index contributed by atoms with van der Waals surface area (Å²) < 4.78 is 50.5. The third-order valence-corrected chi connectivity index (χ3v) is 5.61. The molecular formula is C20H16ClFN2O6S. The molecule has 0 aliphatic heterocycles. The fourth-order valence-corrected chi connectivity index (χ4v) is 3.59. The summed E-state index contributed by atoms with van der Waals surface area (Å²) in [5.74, 6) is -1.87. The number of carbonyl (C=O) groups is 2. The summed E-state index contributed by atoms with van der Waals surface area (Å²) in [4.78, 5) is 23.9. The number of hydrogen-bond donors (Lipinski definition) is 2. The standard InChI is InChI=1S/C20H16ClFN2O6S/c21-14-5-8-17(22)18(10-14)24-19(25)12-30-20(26)13-3-6-16(7-4-13)31(27,28)23-11-15-2-1-9-29-15/h1-10,23H,11-12H2,(H,24,25). The second kappa shape index (κ2) is 9.73. The average molecular weight is 467 g/mol. The summed E-state index contributed by atoms with van der Waals surface area (Å²) >= 11 is 5.74. The van der Waals surface area contributed by atoms with Gasteiger partial charge >= 0.3 is 5.97 Å². The molecule has 11 heteroatoms. The van der Waals surface area contributed by atoms with Crippen LogP contribution in [0.3, 0.4) is 0 Å². The van der Waals surface area contributed by atoms with Crippen LogP contribution in [0.2, 0.25) is 5.02 Å². The lowest BCUT2D eigenvalue weighted by molar-refractivity contribution is -0.119. The van der Waals surface area contributed by atoms with Crippen molar-refractivity contribution in [3.8, 4) is 0 Å². The van der Waals surface area contributed by atoms with Crippen molar-refractivity contribution >= 4 is 39.2 Å². The van der Waals surface area contributed by atoms with Crippen molar-refractivity contribution in [1.82, 2.24) is 4.72 Å². The molecule has 0 aliphatic carbocycles. The van der Waals surface area contributed by atoms with Gasteiger partial charge in [0.1, 0.15) is 11.6 Å². The minimum atomic E-state index is -3.82. The Labute approximate surface area is 182 Å². The summed E-state index contributed by atoms with van der Waals surface area (Å²) in [7, 11) is -3.82. The van der Waals surface area contributed by atoms with Gasteiger partial charge in [0.05, 0.1) is 29.0 Å². The predicted octanol–water partition coefficient (Wildman–Crippen LogP) is 3.35. The topological polar surface area (TPSA) is 115 Å². The summed E-state index contributed by atoms with van der Waals surface area (Å²) in [6.07, 6.45) is 1.43. The van der Waals surface area contributed by atoms with Gasteiger partial charge in [0, 0.05) is 5.02 Å². The quantitative estimate of drug-likeness (QED) is 0.492. The molecule has 31 heavy (non-hydrogen) atoms. The summed E-state index contributed by atoms with van der Waals surface area (Å²) in [5, 5.41) is 2.47. The Morgan fingerprint density at radius 1 is 1.10 bits per heavy atom. The van der Waals surface area contributed by atoms with Gasteiger partial charge in [-0.05, 0) is 54.6 Å². The number of carbonyl (C=O) groups excluding carboxylic acids is 2. The van der Waals surface area contributed by atoms with Crippen molar-refractivity contribution in [3.05, 3.63) is 83.0 Å². The maximum atomic E-state index is 13.6. The van der Waals surface area contributed by atoms with Gasteiger partial charge in [0.15, 0.2) is 6.61 Å². The van der Waals surface area contributed by atoms with E-state index in [1.54, 1.807) is 12.1 Å². The number of ether oxygens (including phenoxy) is 1. The number of sulfonamides is 1. The van der Waals surface area contributed by atoms with E-state index < -0.39 is 34.3 Å². The highest BCUT2D eigenvalue weighted by atomic mass is 35.5. The molecule has 8 nitrogen and oxygen atoms in total. The summed E-state index contributed by atoms with van der Waals surface area (Å²) in [5.41, 5.74) is -0.114. The number of esters is 1. The van der Waals surface area contributed by atoms with Crippen LogP contribution >= 0.6 is 11.6 Å². The molecule has 162 valence electrons. The molecule has 0 spiro atoms. The van der Waals surface area contributed by atoms with E-state index in [0.29, 0.717) is 5.76 Å². The minimum Gasteiger partial charge on any atom is -0.468 e. The maximum Gasteiger partial charge on any atom is 0.338 e. The number of anilines is 1. The van der Waals surface area contributed by atoms with E-state index in [9.17, 15) is 22.4 Å². The van der Waals surface area contributed by atoms with Crippen LogP contribution in [0.15, 0.2) is 70.2 Å². The molecule has 3 aromatic rings. The van der Waals surface area contributed by atoms with E-state index in [1.165, 1.54) is 42.7 Å². The van der Waals surface area contributed by atoms with Crippen LogP contribution in [-0.4, -0.2) is 26.9 Å². The summed E-state index contributed by atoms with van der Waals surface area (Å²) in [6, 6.07) is 11.8. The summed E-state index contributed by atoms with van der Waals surface area (Å²) in [6.45, 7) is -0.697. The number of halogens is 2. The first kappa shape index (κ1) is 22.5. The molecule has 1 aromatic heterocycles. The highest BCUT2D eigenvalue weighted by Gasteiger charge is 2.17. The molecule has 0 unspecified atom stereocenters. The predicted molar refractivity (Wildman–Crippen MR) is 109 cm³/mol. The van der Waals surface area contributed by atoms with Gasteiger partial charge in [0.2, 0.25) is 10.0 Å². The van der Waals surface area contributed by atoms with Crippen LogP contribution in [0.25, 0.3) is 0 Å². The Morgan fingerprint density at radius 2 is 1.84 bits per heavy atom. The van der Waals surface area contributed by atoms with E-state index in [2.05, 4.69) is 10.0 Å². The molecule has 0 aliphatic rings. The van der Waals surface area contributed by atoms with Gasteiger partial charge in [-0.2, -0.15) is 0 Å². The first-order valence-corrected chi connectivity index (χ1v) is 10.6. The van der Waals surface area contributed by atoms with Crippen LogP contribution in [0.4, 0.5) is 10.1 Å². The molecule has 2 N–H and O–H groups in total. The monoisotopic (exact) mass is 466 g/mol. The van der Waals surface area contributed by atoms with Crippen molar-refractivity contribution in [2.24, 2.45) is 0 Å². The number of hydrogen-bond acceptors (Lipinski definition) is 6. The van der Waals surface area contributed by atoms with Crippen molar-refractivity contribution in [3.63, 3.8) is 0 Å². The van der Waals surface area contributed by atoms with Crippen molar-refractivity contribution in [2.75, 3.05) is 11.9 Å². The lowest BCUT2D eigenvalue weighted by atomic mass is 10.2. The van der Waals surface area contributed by atoms with E-state index in [1.807, 2.05) is 0 Å². The van der Waals surface area contributed by atoms with Gasteiger partial charge in [0.25, 0.3) is 5.91 Å². The molecule has 0 bridgehead atoms. The Morgan fingerprint density at radius 3 is 2.52 bits per heavy atom. The van der Waals surface area contributed by atoms with Crippen molar-refractivity contribution in [1.29, 1.82) is 0 Å². The van der Waals surface area contributed by atoms with Crippen LogP contribution in [0.5, 0.6) is 0 Å². The van der Waals surface area contributed by atoms with Gasteiger partial charge in [-0.3, -0.25) is 4.79 Å². The van der Waals surface area contributed by atoms with Crippen LogP contribution in [0, 0.1) is 5.82 Å².